The summed E-state index contributed by atoms with van der Waals surface area (Å²) in [5, 5.41) is 8.69. The topological polar surface area (TPSA) is 99.8 Å². The van der Waals surface area contributed by atoms with Crippen molar-refractivity contribution in [3.63, 3.8) is 0 Å². The van der Waals surface area contributed by atoms with Crippen molar-refractivity contribution in [3.05, 3.63) is 59.7 Å². The van der Waals surface area contributed by atoms with Gasteiger partial charge in [0.1, 0.15) is 0 Å². The zero-order valence-corrected chi connectivity index (χ0v) is 19.1. The number of likely N-dealkylation sites (tertiary alicyclic amines) is 1. The molecule has 2 aromatic rings. The van der Waals surface area contributed by atoms with Gasteiger partial charge in [-0.25, -0.2) is 0 Å². The standard InChI is InChI=1S/C25H32N4O4/c1-33-16-6-13-26-24(31)19-9-11-21(12-10-19)28-23(30)18-27-22-8-5-7-20(17-22)25(32)29-14-3-2-4-15-29/h5,7-12,17,27H,2-4,6,13-16,18H2,1H3,(H,26,31)(H,28,30). The molecule has 33 heavy (non-hydrogen) atoms. The maximum Gasteiger partial charge on any atom is 0.253 e. The molecule has 0 bridgehead atoms. The van der Waals surface area contributed by atoms with Crippen LogP contribution in [0.3, 0.4) is 0 Å². The molecule has 3 rings (SSSR count). The van der Waals surface area contributed by atoms with Crippen LogP contribution >= 0.6 is 0 Å². The summed E-state index contributed by atoms with van der Waals surface area (Å²) in [6.45, 7) is 2.80. The van der Waals surface area contributed by atoms with Crippen molar-refractivity contribution in [1.29, 1.82) is 0 Å². The van der Waals surface area contributed by atoms with Crippen LogP contribution in [-0.4, -0.2) is 62.5 Å². The van der Waals surface area contributed by atoms with Gasteiger partial charge in [-0.05, 0) is 68.1 Å². The summed E-state index contributed by atoms with van der Waals surface area (Å²) in [6.07, 6.45) is 4.01. The van der Waals surface area contributed by atoms with E-state index in [1.165, 1.54) is 6.42 Å². The number of nitrogens with one attached hydrogen (secondary N) is 3. The lowest BCUT2D eigenvalue weighted by molar-refractivity contribution is -0.114. The first-order valence-electron chi connectivity index (χ1n) is 11.4. The predicted octanol–water partition coefficient (Wildman–Crippen LogP) is 3.13. The number of rotatable bonds is 10. The van der Waals surface area contributed by atoms with E-state index in [0.717, 1.165) is 32.4 Å². The van der Waals surface area contributed by atoms with E-state index in [2.05, 4.69) is 16.0 Å². The van der Waals surface area contributed by atoms with Gasteiger partial charge in [0.2, 0.25) is 5.91 Å². The molecule has 2 aromatic carbocycles. The first-order chi connectivity index (χ1) is 16.1. The molecule has 0 aromatic heterocycles. The van der Waals surface area contributed by atoms with Crippen molar-refractivity contribution in [3.8, 4) is 0 Å². The van der Waals surface area contributed by atoms with Crippen LogP contribution in [0.15, 0.2) is 48.5 Å². The Balaban J connectivity index is 1.46. The van der Waals surface area contributed by atoms with Gasteiger partial charge in [0.25, 0.3) is 11.8 Å². The van der Waals surface area contributed by atoms with Gasteiger partial charge in [-0.15, -0.1) is 0 Å². The van der Waals surface area contributed by atoms with Crippen LogP contribution in [-0.2, 0) is 9.53 Å². The summed E-state index contributed by atoms with van der Waals surface area (Å²) in [4.78, 5) is 39.0. The first-order valence-corrected chi connectivity index (χ1v) is 11.4. The minimum Gasteiger partial charge on any atom is -0.385 e. The van der Waals surface area contributed by atoms with E-state index >= 15 is 0 Å². The van der Waals surface area contributed by atoms with E-state index in [4.69, 9.17) is 4.74 Å². The number of anilines is 2. The number of piperidine rings is 1. The highest BCUT2D eigenvalue weighted by molar-refractivity contribution is 5.97. The van der Waals surface area contributed by atoms with Crippen molar-refractivity contribution in [2.45, 2.75) is 25.7 Å². The van der Waals surface area contributed by atoms with Crippen LogP contribution in [0.5, 0.6) is 0 Å². The highest BCUT2D eigenvalue weighted by Gasteiger charge is 2.18. The molecule has 8 nitrogen and oxygen atoms in total. The third-order valence-electron chi connectivity index (χ3n) is 5.45. The fourth-order valence-corrected chi connectivity index (χ4v) is 3.65. The Labute approximate surface area is 194 Å². The lowest BCUT2D eigenvalue weighted by Crippen LogP contribution is -2.35. The zero-order valence-electron chi connectivity index (χ0n) is 19.1. The Morgan fingerprint density at radius 3 is 2.42 bits per heavy atom. The molecule has 1 heterocycles. The second-order valence-corrected chi connectivity index (χ2v) is 8.01. The van der Waals surface area contributed by atoms with Crippen LogP contribution in [0.25, 0.3) is 0 Å². The summed E-state index contributed by atoms with van der Waals surface area (Å²) in [6, 6.07) is 14.0. The third-order valence-corrected chi connectivity index (χ3v) is 5.45. The van der Waals surface area contributed by atoms with Crippen molar-refractivity contribution >= 4 is 29.1 Å². The average Bonchev–Trinajstić information content (AvgIpc) is 2.86. The van der Waals surface area contributed by atoms with Gasteiger partial charge in [0.15, 0.2) is 0 Å². The largest absolute Gasteiger partial charge is 0.385 e. The normalized spacial score (nSPS) is 13.3. The molecular formula is C25H32N4O4. The van der Waals surface area contributed by atoms with Crippen LogP contribution < -0.4 is 16.0 Å². The van der Waals surface area contributed by atoms with Gasteiger partial charge < -0.3 is 25.6 Å². The number of carbonyl (C=O) groups excluding carboxylic acids is 3. The Kier molecular flexibility index (Phi) is 9.26. The molecule has 3 amide bonds. The highest BCUT2D eigenvalue weighted by Crippen LogP contribution is 2.16. The van der Waals surface area contributed by atoms with Crippen LogP contribution in [0.4, 0.5) is 11.4 Å². The average molecular weight is 453 g/mol. The van der Waals surface area contributed by atoms with E-state index in [1.807, 2.05) is 17.0 Å². The number of nitrogens with zero attached hydrogens (tertiary/aromatic N) is 1. The van der Waals surface area contributed by atoms with Crippen molar-refractivity contribution in [2.75, 3.05) is 50.5 Å². The zero-order chi connectivity index (χ0) is 23.5. The number of hydrogen-bond acceptors (Lipinski definition) is 5. The second kappa shape index (κ2) is 12.6. The summed E-state index contributed by atoms with van der Waals surface area (Å²) >= 11 is 0. The minimum atomic E-state index is -0.223. The quantitative estimate of drug-likeness (QED) is 0.481. The van der Waals surface area contributed by atoms with Crippen LogP contribution in [0, 0.1) is 0 Å². The van der Waals surface area contributed by atoms with Crippen LogP contribution in [0.1, 0.15) is 46.4 Å². The van der Waals surface area contributed by atoms with Gasteiger partial charge in [-0.2, -0.15) is 0 Å². The summed E-state index contributed by atoms with van der Waals surface area (Å²) in [5.41, 5.74) is 2.47. The molecular weight excluding hydrogens is 420 g/mol. The fourth-order valence-electron chi connectivity index (χ4n) is 3.65. The van der Waals surface area contributed by atoms with E-state index in [0.29, 0.717) is 35.7 Å². The van der Waals surface area contributed by atoms with E-state index in [1.54, 1.807) is 43.5 Å². The number of amides is 3. The van der Waals surface area contributed by atoms with Gasteiger partial charge >= 0.3 is 0 Å². The molecule has 8 heteroatoms. The highest BCUT2D eigenvalue weighted by atomic mass is 16.5. The summed E-state index contributed by atoms with van der Waals surface area (Å²) in [5.74, 6) is -0.352. The molecule has 0 atom stereocenters. The lowest BCUT2D eigenvalue weighted by atomic mass is 10.1. The fraction of sp³-hybridized carbons (Fsp3) is 0.400. The number of methoxy groups -OCH3 is 1. The Morgan fingerprint density at radius 1 is 0.939 bits per heavy atom. The molecule has 1 saturated heterocycles. The Morgan fingerprint density at radius 2 is 1.70 bits per heavy atom. The smallest absolute Gasteiger partial charge is 0.253 e. The molecule has 0 aliphatic carbocycles. The molecule has 176 valence electrons. The van der Waals surface area contributed by atoms with Crippen LogP contribution in [0.2, 0.25) is 0 Å². The van der Waals surface area contributed by atoms with Gasteiger partial charge in [-0.1, -0.05) is 6.07 Å². The van der Waals surface area contributed by atoms with E-state index in [-0.39, 0.29) is 24.3 Å². The summed E-state index contributed by atoms with van der Waals surface area (Å²) < 4.78 is 4.96. The number of hydrogen-bond donors (Lipinski definition) is 3. The second-order valence-electron chi connectivity index (χ2n) is 8.01. The molecule has 0 unspecified atom stereocenters. The van der Waals surface area contributed by atoms with Crippen molar-refractivity contribution < 1.29 is 19.1 Å². The molecule has 0 radical (unpaired) electrons. The molecule has 0 saturated carbocycles. The Bertz CT molecular complexity index is 940. The maximum atomic E-state index is 12.7. The minimum absolute atomic E-state index is 0.0330. The third kappa shape index (κ3) is 7.61. The number of carbonyl (C=O) groups is 3. The predicted molar refractivity (Wildman–Crippen MR) is 129 cm³/mol. The monoisotopic (exact) mass is 452 g/mol. The Hall–Kier alpha value is -3.39. The van der Waals surface area contributed by atoms with Crippen molar-refractivity contribution in [2.24, 2.45) is 0 Å². The van der Waals surface area contributed by atoms with Gasteiger partial charge in [-0.3, -0.25) is 14.4 Å². The first kappa shape index (κ1) is 24.3. The molecule has 1 aliphatic rings. The number of ether oxygens (including phenoxy) is 1. The number of benzene rings is 2. The maximum absolute atomic E-state index is 12.7. The van der Waals surface area contributed by atoms with Crippen molar-refractivity contribution in [1.82, 2.24) is 10.2 Å². The molecule has 3 N–H and O–H groups in total. The lowest BCUT2D eigenvalue weighted by Gasteiger charge is -2.26. The SMILES string of the molecule is COCCCNC(=O)c1ccc(NC(=O)CNc2cccc(C(=O)N3CCCCC3)c2)cc1. The molecule has 1 fully saturated rings. The van der Waals surface area contributed by atoms with Gasteiger partial charge in [0.05, 0.1) is 6.54 Å². The molecule has 0 spiro atoms. The molecule has 1 aliphatic heterocycles. The van der Waals surface area contributed by atoms with E-state index < -0.39 is 0 Å². The van der Waals surface area contributed by atoms with Gasteiger partial charge in [0, 0.05) is 55.9 Å². The summed E-state index contributed by atoms with van der Waals surface area (Å²) in [7, 11) is 1.62. The van der Waals surface area contributed by atoms with E-state index in [9.17, 15) is 14.4 Å².